The highest BCUT2D eigenvalue weighted by molar-refractivity contribution is 5.55. The molecule has 1 aromatic rings. The fourth-order valence-electron chi connectivity index (χ4n) is 3.06. The summed E-state index contributed by atoms with van der Waals surface area (Å²) in [7, 11) is 1.52. The Labute approximate surface area is 113 Å². The molecule has 19 heavy (non-hydrogen) atoms. The van der Waals surface area contributed by atoms with E-state index in [0.29, 0.717) is 5.75 Å². The number of aromatic hydroxyl groups is 1. The van der Waals surface area contributed by atoms with Gasteiger partial charge in [0.1, 0.15) is 5.54 Å². The number of hydrogen-bond donors (Lipinski definition) is 1. The van der Waals surface area contributed by atoms with Gasteiger partial charge in [-0.05, 0) is 30.9 Å². The van der Waals surface area contributed by atoms with E-state index in [1.165, 1.54) is 7.11 Å². The first-order valence-electron chi connectivity index (χ1n) is 6.67. The Balaban J connectivity index is 2.67. The van der Waals surface area contributed by atoms with E-state index in [4.69, 9.17) is 4.74 Å². The van der Waals surface area contributed by atoms with Crippen molar-refractivity contribution in [1.82, 2.24) is 0 Å². The Bertz CT molecular complexity index is 512. The molecule has 0 amide bonds. The lowest BCUT2D eigenvalue weighted by molar-refractivity contribution is 0.354. The Hall–Kier alpha value is -1.80. The minimum Gasteiger partial charge on any atom is -0.504 e. The van der Waals surface area contributed by atoms with Crippen LogP contribution in [0.2, 0.25) is 0 Å². The van der Waals surface area contributed by atoms with Gasteiger partial charge in [-0.25, -0.2) is 4.79 Å². The molecule has 1 aliphatic rings. The van der Waals surface area contributed by atoms with Crippen molar-refractivity contribution in [2.24, 2.45) is 4.99 Å². The van der Waals surface area contributed by atoms with Crippen molar-refractivity contribution in [3.63, 3.8) is 0 Å². The molecule has 0 heterocycles. The zero-order chi connectivity index (χ0) is 13.9. The smallest absolute Gasteiger partial charge is 0.235 e. The molecule has 1 saturated carbocycles. The summed E-state index contributed by atoms with van der Waals surface area (Å²) < 4.78 is 5.18. The van der Waals surface area contributed by atoms with E-state index in [0.717, 1.165) is 43.2 Å². The minimum atomic E-state index is -0.619. The molecule has 0 unspecified atom stereocenters. The number of carbonyl (C=O) groups excluding carboxylic acids is 1. The SMILES string of the molecule is CCc1ccc(OC)c(O)c1C1(N=C=O)CCCC1. The van der Waals surface area contributed by atoms with Crippen molar-refractivity contribution in [1.29, 1.82) is 0 Å². The number of isocyanates is 1. The molecular formula is C15H19NO3. The lowest BCUT2D eigenvalue weighted by atomic mass is 9.83. The summed E-state index contributed by atoms with van der Waals surface area (Å²) in [5.74, 6) is 0.544. The van der Waals surface area contributed by atoms with Gasteiger partial charge in [-0.15, -0.1) is 0 Å². The topological polar surface area (TPSA) is 58.9 Å². The highest BCUT2D eigenvalue weighted by Gasteiger charge is 2.40. The molecule has 0 atom stereocenters. The van der Waals surface area contributed by atoms with Gasteiger partial charge in [0.15, 0.2) is 11.5 Å². The average molecular weight is 261 g/mol. The Morgan fingerprint density at radius 1 is 1.42 bits per heavy atom. The van der Waals surface area contributed by atoms with E-state index in [-0.39, 0.29) is 5.75 Å². The van der Waals surface area contributed by atoms with Crippen LogP contribution >= 0.6 is 0 Å². The molecule has 0 aliphatic heterocycles. The van der Waals surface area contributed by atoms with Gasteiger partial charge in [-0.1, -0.05) is 25.8 Å². The summed E-state index contributed by atoms with van der Waals surface area (Å²) in [6, 6.07) is 3.69. The van der Waals surface area contributed by atoms with Gasteiger partial charge < -0.3 is 9.84 Å². The van der Waals surface area contributed by atoms with Gasteiger partial charge in [0.2, 0.25) is 6.08 Å². The summed E-state index contributed by atoms with van der Waals surface area (Å²) in [4.78, 5) is 14.8. The zero-order valence-electron chi connectivity index (χ0n) is 11.4. The summed E-state index contributed by atoms with van der Waals surface area (Å²) in [5, 5.41) is 10.4. The zero-order valence-corrected chi connectivity index (χ0v) is 11.4. The number of nitrogens with zero attached hydrogens (tertiary/aromatic N) is 1. The minimum absolute atomic E-state index is 0.114. The number of aryl methyl sites for hydroxylation is 1. The molecular weight excluding hydrogens is 242 g/mol. The van der Waals surface area contributed by atoms with Crippen LogP contribution in [0, 0.1) is 0 Å². The number of methoxy groups -OCH3 is 1. The summed E-state index contributed by atoms with van der Waals surface area (Å²) in [5.41, 5.74) is 1.14. The third-order valence-corrected chi connectivity index (χ3v) is 3.98. The molecule has 1 aliphatic carbocycles. The summed E-state index contributed by atoms with van der Waals surface area (Å²) in [6.45, 7) is 2.03. The molecule has 0 bridgehead atoms. The molecule has 1 fully saturated rings. The molecule has 0 aromatic heterocycles. The fourth-order valence-corrected chi connectivity index (χ4v) is 3.06. The van der Waals surface area contributed by atoms with Crippen molar-refractivity contribution in [3.8, 4) is 11.5 Å². The molecule has 102 valence electrons. The first kappa shape index (κ1) is 13.6. The number of phenols is 1. The molecule has 4 nitrogen and oxygen atoms in total. The number of rotatable bonds is 4. The van der Waals surface area contributed by atoms with Crippen LogP contribution in [0.5, 0.6) is 11.5 Å². The molecule has 1 aromatic carbocycles. The number of benzene rings is 1. The Morgan fingerprint density at radius 3 is 2.63 bits per heavy atom. The second-order valence-corrected chi connectivity index (χ2v) is 4.95. The maximum Gasteiger partial charge on any atom is 0.235 e. The predicted molar refractivity (Wildman–Crippen MR) is 72.3 cm³/mol. The van der Waals surface area contributed by atoms with Crippen molar-refractivity contribution < 1.29 is 14.6 Å². The summed E-state index contributed by atoms with van der Waals surface area (Å²) >= 11 is 0. The van der Waals surface area contributed by atoms with Crippen LogP contribution in [-0.2, 0) is 16.8 Å². The van der Waals surface area contributed by atoms with E-state index >= 15 is 0 Å². The highest BCUT2D eigenvalue weighted by atomic mass is 16.5. The molecule has 4 heteroatoms. The first-order chi connectivity index (χ1) is 9.18. The average Bonchev–Trinajstić information content (AvgIpc) is 2.88. The number of aliphatic imine (C=N–C) groups is 1. The second-order valence-electron chi connectivity index (χ2n) is 4.95. The quantitative estimate of drug-likeness (QED) is 0.669. The largest absolute Gasteiger partial charge is 0.504 e. The third kappa shape index (κ3) is 2.24. The Morgan fingerprint density at radius 2 is 2.11 bits per heavy atom. The molecule has 0 spiro atoms. The maximum atomic E-state index is 10.8. The first-order valence-corrected chi connectivity index (χ1v) is 6.67. The fraction of sp³-hybridized carbons (Fsp3) is 0.533. The van der Waals surface area contributed by atoms with Gasteiger partial charge in [0.25, 0.3) is 0 Å². The van der Waals surface area contributed by atoms with Crippen LogP contribution in [0.25, 0.3) is 0 Å². The Kier molecular flexibility index (Phi) is 3.91. The normalized spacial score (nSPS) is 16.9. The van der Waals surface area contributed by atoms with E-state index in [1.54, 1.807) is 12.1 Å². The van der Waals surface area contributed by atoms with Gasteiger partial charge >= 0.3 is 0 Å². The van der Waals surface area contributed by atoms with Gasteiger partial charge in [-0.3, -0.25) is 0 Å². The van der Waals surface area contributed by atoms with Crippen molar-refractivity contribution >= 4 is 6.08 Å². The predicted octanol–water partition coefficient (Wildman–Crippen LogP) is 3.07. The standard InChI is InChI=1S/C15H19NO3/c1-3-11-6-7-12(19-2)14(18)13(11)15(16-10-17)8-4-5-9-15/h6-7,18H,3-5,8-9H2,1-2H3. The van der Waals surface area contributed by atoms with E-state index in [9.17, 15) is 9.90 Å². The van der Waals surface area contributed by atoms with Crippen LogP contribution in [0.3, 0.4) is 0 Å². The van der Waals surface area contributed by atoms with Crippen molar-refractivity contribution in [2.45, 2.75) is 44.6 Å². The third-order valence-electron chi connectivity index (χ3n) is 3.98. The van der Waals surface area contributed by atoms with Crippen LogP contribution in [0.1, 0.15) is 43.7 Å². The molecule has 0 saturated heterocycles. The van der Waals surface area contributed by atoms with Crippen LogP contribution in [0.4, 0.5) is 0 Å². The second kappa shape index (κ2) is 5.45. The molecule has 1 N–H and O–H groups in total. The molecule has 2 rings (SSSR count). The maximum absolute atomic E-state index is 10.8. The van der Waals surface area contributed by atoms with Crippen molar-refractivity contribution in [2.75, 3.05) is 7.11 Å². The molecule has 0 radical (unpaired) electrons. The highest BCUT2D eigenvalue weighted by Crippen LogP contribution is 2.49. The summed E-state index contributed by atoms with van der Waals surface area (Å²) in [6.07, 6.45) is 6.03. The van der Waals surface area contributed by atoms with Crippen LogP contribution < -0.4 is 4.74 Å². The van der Waals surface area contributed by atoms with Gasteiger partial charge in [0, 0.05) is 5.56 Å². The lowest BCUT2D eigenvalue weighted by Gasteiger charge is -2.27. The number of hydrogen-bond acceptors (Lipinski definition) is 4. The van der Waals surface area contributed by atoms with E-state index in [1.807, 2.05) is 13.0 Å². The van der Waals surface area contributed by atoms with Crippen molar-refractivity contribution in [3.05, 3.63) is 23.3 Å². The number of phenolic OH excluding ortho intramolecular Hbond substituents is 1. The number of ether oxygens (including phenoxy) is 1. The van der Waals surface area contributed by atoms with Crippen LogP contribution in [0.15, 0.2) is 17.1 Å². The van der Waals surface area contributed by atoms with E-state index < -0.39 is 5.54 Å². The van der Waals surface area contributed by atoms with Gasteiger partial charge in [0.05, 0.1) is 7.11 Å². The monoisotopic (exact) mass is 261 g/mol. The van der Waals surface area contributed by atoms with Gasteiger partial charge in [-0.2, -0.15) is 4.99 Å². The lowest BCUT2D eigenvalue weighted by Crippen LogP contribution is -2.21. The van der Waals surface area contributed by atoms with Crippen LogP contribution in [-0.4, -0.2) is 18.3 Å². The van der Waals surface area contributed by atoms with E-state index in [2.05, 4.69) is 4.99 Å².